The Hall–Kier alpha value is -6.41. The lowest BCUT2D eigenvalue weighted by atomic mass is 9.84. The summed E-state index contributed by atoms with van der Waals surface area (Å²) in [5.41, 5.74) is 18.5. The number of benzene rings is 8. The molecule has 2 aliphatic carbocycles. The van der Waals surface area contributed by atoms with Gasteiger partial charge in [0.15, 0.2) is 0 Å². The Labute approximate surface area is 328 Å². The molecule has 2 unspecified atom stereocenters. The van der Waals surface area contributed by atoms with Gasteiger partial charge in [-0.05, 0) is 102 Å². The molecule has 0 saturated heterocycles. The van der Waals surface area contributed by atoms with Crippen molar-refractivity contribution in [2.75, 3.05) is 0 Å². The van der Waals surface area contributed by atoms with Crippen LogP contribution in [0.2, 0.25) is 0 Å². The zero-order chi connectivity index (χ0) is 36.6. The monoisotopic (exact) mass is 718 g/mol. The van der Waals surface area contributed by atoms with Crippen molar-refractivity contribution in [2.24, 2.45) is 0 Å². The van der Waals surface area contributed by atoms with Crippen LogP contribution in [0.25, 0.3) is 22.3 Å². The van der Waals surface area contributed by atoms with E-state index in [1.165, 1.54) is 87.7 Å². The minimum absolute atomic E-state index is 0.147. The minimum Gasteiger partial charge on any atom is -0.0901 e. The van der Waals surface area contributed by atoms with Crippen LogP contribution in [0.5, 0.6) is 0 Å². The zero-order valence-electron chi connectivity index (χ0n) is 30.3. The Kier molecular flexibility index (Phi) is 8.71. The first-order valence-electron chi connectivity index (χ1n) is 19.1. The van der Waals surface area contributed by atoms with Gasteiger partial charge in [0.1, 0.15) is 0 Å². The van der Waals surface area contributed by atoms with Crippen LogP contribution in [0, 0.1) is 0 Å². The maximum atomic E-state index is 2.34. The molecule has 55 heavy (non-hydrogen) atoms. The number of hydrogen-bond acceptors (Lipinski definition) is 1. The first-order valence-corrected chi connectivity index (χ1v) is 19.9. The lowest BCUT2D eigenvalue weighted by molar-refractivity contribution is 1.06. The van der Waals surface area contributed by atoms with Crippen molar-refractivity contribution in [1.82, 2.24) is 0 Å². The molecule has 1 heteroatoms. The standard InChI is InChI=1S/C54H38S/c1-5-17-37(18-6-1)49-45-25-13-15-27-47(45)51(53(49)39-21-9-3-10-22-39)41-29-33-43(34-30-41)55-44-35-31-42(32-36-44)52-48-28-16-14-26-46(48)50(38-19-7-2-8-20-38)54(52)40-23-11-4-12-24-40/h1-36,51-52H. The quantitative estimate of drug-likeness (QED) is 0.151. The maximum absolute atomic E-state index is 2.34. The fourth-order valence-corrected chi connectivity index (χ4v) is 9.63. The van der Waals surface area contributed by atoms with Crippen LogP contribution in [-0.2, 0) is 0 Å². The van der Waals surface area contributed by atoms with E-state index in [1.54, 1.807) is 0 Å². The van der Waals surface area contributed by atoms with E-state index < -0.39 is 0 Å². The van der Waals surface area contributed by atoms with E-state index in [0.29, 0.717) is 0 Å². The van der Waals surface area contributed by atoms with Crippen molar-refractivity contribution in [2.45, 2.75) is 21.6 Å². The Morgan fingerprint density at radius 2 is 0.582 bits per heavy atom. The molecule has 8 aromatic rings. The fourth-order valence-electron chi connectivity index (χ4n) is 8.82. The first-order chi connectivity index (χ1) is 27.3. The van der Waals surface area contributed by atoms with Gasteiger partial charge in [0, 0.05) is 21.6 Å². The Morgan fingerprint density at radius 3 is 0.945 bits per heavy atom. The lowest BCUT2D eigenvalue weighted by Gasteiger charge is -2.20. The number of allylic oxidation sites excluding steroid dienone is 2. The summed E-state index contributed by atoms with van der Waals surface area (Å²) in [6.45, 7) is 0. The average molecular weight is 719 g/mol. The van der Waals surface area contributed by atoms with E-state index >= 15 is 0 Å². The summed E-state index contributed by atoms with van der Waals surface area (Å²) in [6.07, 6.45) is 0. The van der Waals surface area contributed by atoms with E-state index in [1.807, 2.05) is 11.8 Å². The Bertz CT molecular complexity index is 2480. The summed E-state index contributed by atoms with van der Waals surface area (Å²) in [7, 11) is 0. The molecule has 0 radical (unpaired) electrons. The summed E-state index contributed by atoms with van der Waals surface area (Å²) in [5, 5.41) is 0. The van der Waals surface area contributed by atoms with Crippen LogP contribution in [-0.4, -0.2) is 0 Å². The first kappa shape index (κ1) is 33.2. The SMILES string of the molecule is c1ccc(C2=C(c3ccccc3)C(c3ccc(Sc4ccc(C5C(c6ccccc6)=C(c6ccccc6)c6ccccc65)cc4)cc3)c3ccccc32)cc1. The lowest BCUT2D eigenvalue weighted by Crippen LogP contribution is -2.01. The molecular weight excluding hydrogens is 681 g/mol. The third-order valence-electron chi connectivity index (χ3n) is 11.2. The highest BCUT2D eigenvalue weighted by Crippen LogP contribution is 2.54. The molecule has 0 heterocycles. The molecule has 0 nitrogen and oxygen atoms in total. The fraction of sp³-hybridized carbons (Fsp3) is 0.0370. The van der Waals surface area contributed by atoms with Gasteiger partial charge in [-0.3, -0.25) is 0 Å². The van der Waals surface area contributed by atoms with Gasteiger partial charge in [0.25, 0.3) is 0 Å². The van der Waals surface area contributed by atoms with Gasteiger partial charge in [0.2, 0.25) is 0 Å². The minimum atomic E-state index is 0.147. The van der Waals surface area contributed by atoms with Gasteiger partial charge < -0.3 is 0 Å². The molecule has 2 atom stereocenters. The van der Waals surface area contributed by atoms with E-state index in [0.717, 1.165) is 0 Å². The summed E-state index contributed by atoms with van der Waals surface area (Å²) in [5.74, 6) is 0.295. The second-order valence-corrected chi connectivity index (χ2v) is 15.5. The van der Waals surface area contributed by atoms with Crippen molar-refractivity contribution >= 4 is 34.1 Å². The molecule has 2 aliphatic rings. The van der Waals surface area contributed by atoms with Crippen molar-refractivity contribution < 1.29 is 0 Å². The summed E-state index contributed by atoms with van der Waals surface area (Å²) in [6, 6.07) is 80.1. The van der Waals surface area contributed by atoms with Crippen molar-refractivity contribution in [3.8, 4) is 0 Å². The normalized spacial score (nSPS) is 15.9. The van der Waals surface area contributed by atoms with E-state index in [2.05, 4.69) is 218 Å². The topological polar surface area (TPSA) is 0 Å². The van der Waals surface area contributed by atoms with Crippen LogP contribution in [0.4, 0.5) is 0 Å². The molecule has 0 fully saturated rings. The van der Waals surface area contributed by atoms with Crippen LogP contribution < -0.4 is 0 Å². The molecular formula is C54H38S. The second-order valence-electron chi connectivity index (χ2n) is 14.3. The van der Waals surface area contributed by atoms with Gasteiger partial charge in [0.05, 0.1) is 0 Å². The molecule has 0 spiro atoms. The molecule has 260 valence electrons. The second kappa shape index (κ2) is 14.4. The number of rotatable bonds is 8. The Balaban J connectivity index is 0.981. The van der Waals surface area contributed by atoms with Crippen molar-refractivity contribution in [3.05, 3.63) is 274 Å². The van der Waals surface area contributed by atoms with Crippen LogP contribution in [0.1, 0.15) is 67.5 Å². The van der Waals surface area contributed by atoms with Crippen molar-refractivity contribution in [1.29, 1.82) is 0 Å². The molecule has 0 bridgehead atoms. The highest BCUT2D eigenvalue weighted by Gasteiger charge is 2.35. The largest absolute Gasteiger partial charge is 0.0901 e. The molecule has 0 saturated carbocycles. The zero-order valence-corrected chi connectivity index (χ0v) is 31.2. The van der Waals surface area contributed by atoms with Crippen molar-refractivity contribution in [3.63, 3.8) is 0 Å². The van der Waals surface area contributed by atoms with Crippen LogP contribution in [0.15, 0.2) is 228 Å². The highest BCUT2D eigenvalue weighted by molar-refractivity contribution is 7.99. The predicted octanol–water partition coefficient (Wildman–Crippen LogP) is 14.0. The Morgan fingerprint density at radius 1 is 0.273 bits per heavy atom. The van der Waals surface area contributed by atoms with Gasteiger partial charge in [-0.15, -0.1) is 0 Å². The number of hydrogen-bond donors (Lipinski definition) is 0. The summed E-state index contributed by atoms with van der Waals surface area (Å²) < 4.78 is 0. The predicted molar refractivity (Wildman–Crippen MR) is 231 cm³/mol. The van der Waals surface area contributed by atoms with E-state index in [-0.39, 0.29) is 11.8 Å². The smallest absolute Gasteiger partial charge is 0.0358 e. The molecule has 0 N–H and O–H groups in total. The van der Waals surface area contributed by atoms with E-state index in [9.17, 15) is 0 Å². The van der Waals surface area contributed by atoms with Gasteiger partial charge in [-0.1, -0.05) is 206 Å². The van der Waals surface area contributed by atoms with Crippen LogP contribution in [0.3, 0.4) is 0 Å². The van der Waals surface area contributed by atoms with Crippen LogP contribution >= 0.6 is 11.8 Å². The molecule has 0 aliphatic heterocycles. The highest BCUT2D eigenvalue weighted by atomic mass is 32.2. The maximum Gasteiger partial charge on any atom is 0.0358 e. The van der Waals surface area contributed by atoms with E-state index in [4.69, 9.17) is 0 Å². The third kappa shape index (κ3) is 6.08. The summed E-state index contributed by atoms with van der Waals surface area (Å²) in [4.78, 5) is 2.47. The number of fused-ring (bicyclic) bond motifs is 2. The molecule has 10 rings (SSSR count). The molecule has 0 amide bonds. The molecule has 0 aromatic heterocycles. The summed E-state index contributed by atoms with van der Waals surface area (Å²) >= 11 is 1.83. The average Bonchev–Trinajstić information content (AvgIpc) is 3.80. The van der Waals surface area contributed by atoms with Gasteiger partial charge >= 0.3 is 0 Å². The molecule has 8 aromatic carbocycles. The third-order valence-corrected chi connectivity index (χ3v) is 12.2. The van der Waals surface area contributed by atoms with Gasteiger partial charge in [-0.2, -0.15) is 0 Å². The van der Waals surface area contributed by atoms with Gasteiger partial charge in [-0.25, -0.2) is 0 Å².